The number of nitrogens with two attached hydrogens (primary N) is 1. The quantitative estimate of drug-likeness (QED) is 0.775. The highest BCUT2D eigenvalue weighted by molar-refractivity contribution is 5.92. The number of hydrogen-bond donors (Lipinski definition) is 2. The van der Waals surface area contributed by atoms with Crippen LogP contribution in [-0.4, -0.2) is 24.6 Å². The molecule has 1 aromatic rings. The molecule has 1 unspecified atom stereocenters. The van der Waals surface area contributed by atoms with Gasteiger partial charge in [0.2, 0.25) is 5.91 Å². The lowest BCUT2D eigenvalue weighted by Crippen LogP contribution is -2.28. The first-order chi connectivity index (χ1) is 7.65. The van der Waals surface area contributed by atoms with E-state index < -0.39 is 5.91 Å². The number of cyclic esters (lactones) is 1. The molecule has 0 aliphatic carbocycles. The van der Waals surface area contributed by atoms with E-state index in [1.807, 2.05) is 12.1 Å². The second kappa shape index (κ2) is 4.22. The van der Waals surface area contributed by atoms with Gasteiger partial charge in [0, 0.05) is 5.56 Å². The summed E-state index contributed by atoms with van der Waals surface area (Å²) in [5.74, 6) is -0.441. The zero-order chi connectivity index (χ0) is 11.5. The fourth-order valence-corrected chi connectivity index (χ4v) is 1.63. The van der Waals surface area contributed by atoms with E-state index in [1.54, 1.807) is 12.1 Å². The Morgan fingerprint density at radius 2 is 2.12 bits per heavy atom. The highest BCUT2D eigenvalue weighted by atomic mass is 16.6. The summed E-state index contributed by atoms with van der Waals surface area (Å²) in [7, 11) is 0. The number of carbonyl (C=O) groups excluding carboxylic acids is 2. The third kappa shape index (κ3) is 2.31. The number of ether oxygens (including phenoxy) is 1. The fraction of sp³-hybridized carbons (Fsp3) is 0.273. The van der Waals surface area contributed by atoms with E-state index in [0.29, 0.717) is 18.6 Å². The molecule has 16 heavy (non-hydrogen) atoms. The highest BCUT2D eigenvalue weighted by Crippen LogP contribution is 2.09. The van der Waals surface area contributed by atoms with Crippen LogP contribution in [0.25, 0.3) is 0 Å². The molecule has 5 nitrogen and oxygen atoms in total. The minimum absolute atomic E-state index is 0.00641. The predicted molar refractivity (Wildman–Crippen MR) is 56.9 cm³/mol. The molecule has 1 heterocycles. The molecular formula is C11H12N2O3. The van der Waals surface area contributed by atoms with Gasteiger partial charge in [-0.3, -0.25) is 4.79 Å². The first-order valence-corrected chi connectivity index (χ1v) is 4.97. The van der Waals surface area contributed by atoms with E-state index in [2.05, 4.69) is 5.32 Å². The topological polar surface area (TPSA) is 81.4 Å². The first kappa shape index (κ1) is 10.5. The van der Waals surface area contributed by atoms with Gasteiger partial charge in [0.15, 0.2) is 0 Å². The summed E-state index contributed by atoms with van der Waals surface area (Å²) in [6.45, 7) is 0.385. The van der Waals surface area contributed by atoms with Crippen molar-refractivity contribution >= 4 is 12.0 Å². The molecule has 2 amide bonds. The number of nitrogens with one attached hydrogen (secondary N) is 1. The van der Waals surface area contributed by atoms with Crippen LogP contribution in [0.2, 0.25) is 0 Å². The standard InChI is InChI=1S/C11H12N2O3/c12-10(14)8-3-1-7(2-4-8)5-9-6-16-11(15)13-9/h1-4,9H,5-6H2,(H2,12,14)(H,13,15). The number of amides is 2. The maximum Gasteiger partial charge on any atom is 0.407 e. The maximum atomic E-state index is 10.8. The van der Waals surface area contributed by atoms with Gasteiger partial charge in [-0.05, 0) is 24.1 Å². The number of alkyl carbamates (subject to hydrolysis) is 1. The lowest BCUT2D eigenvalue weighted by atomic mass is 10.0. The van der Waals surface area contributed by atoms with Crippen LogP contribution in [-0.2, 0) is 11.2 Å². The van der Waals surface area contributed by atoms with Crippen molar-refractivity contribution in [1.29, 1.82) is 0 Å². The van der Waals surface area contributed by atoms with Gasteiger partial charge in [0.25, 0.3) is 0 Å². The van der Waals surface area contributed by atoms with Crippen molar-refractivity contribution in [3.8, 4) is 0 Å². The summed E-state index contributed by atoms with van der Waals surface area (Å²) >= 11 is 0. The smallest absolute Gasteiger partial charge is 0.407 e. The summed E-state index contributed by atoms with van der Waals surface area (Å²) in [5.41, 5.74) is 6.64. The van der Waals surface area contributed by atoms with Crippen LogP contribution in [0, 0.1) is 0 Å². The predicted octanol–water partition coefficient (Wildman–Crippen LogP) is 0.436. The molecule has 0 saturated carbocycles. The second-order valence-electron chi connectivity index (χ2n) is 3.71. The van der Waals surface area contributed by atoms with E-state index in [1.165, 1.54) is 0 Å². The van der Waals surface area contributed by atoms with Crippen molar-refractivity contribution in [2.45, 2.75) is 12.5 Å². The van der Waals surface area contributed by atoms with Crippen LogP contribution < -0.4 is 11.1 Å². The Bertz CT molecular complexity index is 414. The van der Waals surface area contributed by atoms with Crippen LogP contribution in [0.5, 0.6) is 0 Å². The molecule has 84 valence electrons. The van der Waals surface area contributed by atoms with E-state index in [4.69, 9.17) is 10.5 Å². The van der Waals surface area contributed by atoms with Crippen molar-refractivity contribution in [3.05, 3.63) is 35.4 Å². The van der Waals surface area contributed by atoms with Gasteiger partial charge in [0.05, 0.1) is 6.04 Å². The molecule has 1 aromatic carbocycles. The first-order valence-electron chi connectivity index (χ1n) is 4.97. The highest BCUT2D eigenvalue weighted by Gasteiger charge is 2.21. The fourth-order valence-electron chi connectivity index (χ4n) is 1.63. The second-order valence-corrected chi connectivity index (χ2v) is 3.71. The molecule has 1 aliphatic rings. The molecule has 1 fully saturated rings. The van der Waals surface area contributed by atoms with Gasteiger partial charge >= 0.3 is 6.09 Å². The number of primary amides is 1. The Kier molecular flexibility index (Phi) is 2.76. The molecule has 0 bridgehead atoms. The van der Waals surface area contributed by atoms with Gasteiger partial charge in [-0.1, -0.05) is 12.1 Å². The van der Waals surface area contributed by atoms with Gasteiger partial charge in [-0.15, -0.1) is 0 Å². The Balaban J connectivity index is 2.00. The van der Waals surface area contributed by atoms with Crippen LogP contribution in [0.3, 0.4) is 0 Å². The van der Waals surface area contributed by atoms with Crippen molar-refractivity contribution in [1.82, 2.24) is 5.32 Å². The van der Waals surface area contributed by atoms with Crippen LogP contribution in [0.15, 0.2) is 24.3 Å². The van der Waals surface area contributed by atoms with Crippen LogP contribution in [0.1, 0.15) is 15.9 Å². The van der Waals surface area contributed by atoms with Crippen molar-refractivity contribution < 1.29 is 14.3 Å². The maximum absolute atomic E-state index is 10.8. The van der Waals surface area contributed by atoms with E-state index >= 15 is 0 Å². The van der Waals surface area contributed by atoms with Gasteiger partial charge < -0.3 is 15.8 Å². The molecule has 2 rings (SSSR count). The molecule has 1 saturated heterocycles. The molecular weight excluding hydrogens is 208 g/mol. The number of benzene rings is 1. The van der Waals surface area contributed by atoms with Crippen LogP contribution in [0.4, 0.5) is 4.79 Å². The molecule has 0 radical (unpaired) electrons. The minimum atomic E-state index is -0.441. The molecule has 1 atom stereocenters. The number of hydrogen-bond acceptors (Lipinski definition) is 3. The monoisotopic (exact) mass is 220 g/mol. The van der Waals surface area contributed by atoms with Gasteiger partial charge in [-0.25, -0.2) is 4.79 Å². The Hall–Kier alpha value is -2.04. The molecule has 3 N–H and O–H groups in total. The van der Waals surface area contributed by atoms with Crippen molar-refractivity contribution in [2.75, 3.05) is 6.61 Å². The lowest BCUT2D eigenvalue weighted by Gasteiger charge is -2.07. The van der Waals surface area contributed by atoms with E-state index in [-0.39, 0.29) is 12.1 Å². The average Bonchev–Trinajstić information content (AvgIpc) is 2.65. The molecule has 5 heteroatoms. The number of carbonyl (C=O) groups is 2. The Morgan fingerprint density at radius 3 is 2.62 bits per heavy atom. The Morgan fingerprint density at radius 1 is 1.44 bits per heavy atom. The van der Waals surface area contributed by atoms with Gasteiger partial charge in [0.1, 0.15) is 6.61 Å². The van der Waals surface area contributed by atoms with E-state index in [9.17, 15) is 9.59 Å². The third-order valence-electron chi connectivity index (χ3n) is 2.46. The van der Waals surface area contributed by atoms with E-state index in [0.717, 1.165) is 5.56 Å². The largest absolute Gasteiger partial charge is 0.447 e. The number of rotatable bonds is 3. The summed E-state index contributed by atoms with van der Waals surface area (Å²) in [6, 6.07) is 7.01. The molecule has 0 spiro atoms. The normalized spacial score (nSPS) is 19.0. The lowest BCUT2D eigenvalue weighted by molar-refractivity contribution is 0.1000. The average molecular weight is 220 g/mol. The van der Waals surface area contributed by atoms with Crippen molar-refractivity contribution in [3.63, 3.8) is 0 Å². The third-order valence-corrected chi connectivity index (χ3v) is 2.46. The summed E-state index contributed by atoms with van der Waals surface area (Å²) in [6.07, 6.45) is 0.309. The SMILES string of the molecule is NC(=O)c1ccc(CC2COC(=O)N2)cc1. The zero-order valence-electron chi connectivity index (χ0n) is 8.60. The summed E-state index contributed by atoms with van der Waals surface area (Å²) < 4.78 is 4.78. The minimum Gasteiger partial charge on any atom is -0.447 e. The van der Waals surface area contributed by atoms with Gasteiger partial charge in [-0.2, -0.15) is 0 Å². The molecule has 0 aromatic heterocycles. The molecule has 1 aliphatic heterocycles. The van der Waals surface area contributed by atoms with Crippen molar-refractivity contribution in [2.24, 2.45) is 5.73 Å². The Labute approximate surface area is 92.6 Å². The zero-order valence-corrected chi connectivity index (χ0v) is 8.60. The van der Waals surface area contributed by atoms with Crippen LogP contribution >= 0.6 is 0 Å². The summed E-state index contributed by atoms with van der Waals surface area (Å²) in [4.78, 5) is 21.6. The summed E-state index contributed by atoms with van der Waals surface area (Å²) in [5, 5.41) is 2.69.